The first-order chi connectivity index (χ1) is 9.27. The van der Waals surface area contributed by atoms with Crippen molar-refractivity contribution >= 4 is 11.6 Å². The van der Waals surface area contributed by atoms with E-state index in [9.17, 15) is 0 Å². The molecule has 6 heteroatoms. The van der Waals surface area contributed by atoms with Crippen molar-refractivity contribution in [1.82, 2.24) is 25.1 Å². The van der Waals surface area contributed by atoms with Gasteiger partial charge in [-0.2, -0.15) is 5.10 Å². The Morgan fingerprint density at radius 1 is 1.32 bits per heavy atom. The number of hydrogen-bond donors (Lipinski definition) is 1. The predicted octanol–water partition coefficient (Wildman–Crippen LogP) is 2.44. The van der Waals surface area contributed by atoms with Gasteiger partial charge in [-0.1, -0.05) is 25.4 Å². The molecule has 2 aromatic heterocycles. The Kier molecular flexibility index (Phi) is 4.87. The molecule has 0 radical (unpaired) electrons. The zero-order valence-electron chi connectivity index (χ0n) is 11.2. The van der Waals surface area contributed by atoms with Crippen LogP contribution in [-0.4, -0.2) is 26.3 Å². The normalized spacial score (nSPS) is 12.6. The standard InChI is InChI=1S/C13H18ClN5/c1-3-7-19-13(10(14)8-18-19)12(16-4-2)11-9-15-5-6-17-11/h5-6,8-9,12,16H,3-4,7H2,1-2H3. The summed E-state index contributed by atoms with van der Waals surface area (Å²) >= 11 is 6.29. The monoisotopic (exact) mass is 279 g/mol. The second-order valence-electron chi connectivity index (χ2n) is 4.22. The molecule has 0 aromatic carbocycles. The van der Waals surface area contributed by atoms with Crippen molar-refractivity contribution in [1.29, 1.82) is 0 Å². The first-order valence-corrected chi connectivity index (χ1v) is 6.86. The largest absolute Gasteiger partial charge is 0.304 e. The van der Waals surface area contributed by atoms with E-state index in [-0.39, 0.29) is 6.04 Å². The maximum absolute atomic E-state index is 6.29. The van der Waals surface area contributed by atoms with Gasteiger partial charge in [0, 0.05) is 18.9 Å². The summed E-state index contributed by atoms with van der Waals surface area (Å²) in [6.45, 7) is 5.82. The van der Waals surface area contributed by atoms with E-state index < -0.39 is 0 Å². The van der Waals surface area contributed by atoms with Crippen LogP contribution in [0.2, 0.25) is 5.02 Å². The van der Waals surface area contributed by atoms with Crippen molar-refractivity contribution in [2.45, 2.75) is 32.9 Å². The van der Waals surface area contributed by atoms with Crippen LogP contribution in [-0.2, 0) is 6.54 Å². The second kappa shape index (κ2) is 6.63. The first kappa shape index (κ1) is 14.0. The second-order valence-corrected chi connectivity index (χ2v) is 4.63. The summed E-state index contributed by atoms with van der Waals surface area (Å²) < 4.78 is 1.93. The molecule has 0 spiro atoms. The van der Waals surface area contributed by atoms with E-state index >= 15 is 0 Å². The molecule has 2 aromatic rings. The molecule has 0 saturated heterocycles. The van der Waals surface area contributed by atoms with Crippen LogP contribution in [0.25, 0.3) is 0 Å². The zero-order valence-corrected chi connectivity index (χ0v) is 11.9. The van der Waals surface area contributed by atoms with Crippen molar-refractivity contribution in [2.75, 3.05) is 6.54 Å². The minimum atomic E-state index is -0.0831. The van der Waals surface area contributed by atoms with Crippen LogP contribution in [0.3, 0.4) is 0 Å². The molecule has 0 aliphatic heterocycles. The number of aryl methyl sites for hydroxylation is 1. The summed E-state index contributed by atoms with van der Waals surface area (Å²) in [4.78, 5) is 8.50. The lowest BCUT2D eigenvalue weighted by Gasteiger charge is -2.19. The molecular formula is C13H18ClN5. The van der Waals surface area contributed by atoms with Crippen LogP contribution in [0.5, 0.6) is 0 Å². The molecule has 1 unspecified atom stereocenters. The summed E-state index contributed by atoms with van der Waals surface area (Å²) in [6.07, 6.45) is 7.80. The Hall–Kier alpha value is -1.46. The molecule has 2 rings (SSSR count). The highest BCUT2D eigenvalue weighted by molar-refractivity contribution is 6.31. The molecule has 0 aliphatic carbocycles. The number of rotatable bonds is 6. The average Bonchev–Trinajstić information content (AvgIpc) is 2.79. The van der Waals surface area contributed by atoms with Gasteiger partial charge in [-0.3, -0.25) is 14.6 Å². The smallest absolute Gasteiger partial charge is 0.0952 e. The van der Waals surface area contributed by atoms with E-state index in [1.54, 1.807) is 24.8 Å². The van der Waals surface area contributed by atoms with E-state index in [2.05, 4.69) is 34.2 Å². The minimum Gasteiger partial charge on any atom is -0.304 e. The molecule has 0 saturated carbocycles. The fraction of sp³-hybridized carbons (Fsp3) is 0.462. The Labute approximate surface area is 118 Å². The summed E-state index contributed by atoms with van der Waals surface area (Å²) in [5.41, 5.74) is 1.80. The molecule has 102 valence electrons. The van der Waals surface area contributed by atoms with Gasteiger partial charge in [-0.05, 0) is 13.0 Å². The summed E-state index contributed by atoms with van der Waals surface area (Å²) in [6, 6.07) is -0.0831. The summed E-state index contributed by atoms with van der Waals surface area (Å²) in [5, 5.41) is 8.38. The van der Waals surface area contributed by atoms with Crippen molar-refractivity contribution in [3.63, 3.8) is 0 Å². The van der Waals surface area contributed by atoms with Crippen LogP contribution >= 0.6 is 11.6 Å². The van der Waals surface area contributed by atoms with Crippen LogP contribution < -0.4 is 5.32 Å². The van der Waals surface area contributed by atoms with Crippen LogP contribution in [0.4, 0.5) is 0 Å². The highest BCUT2D eigenvalue weighted by Gasteiger charge is 2.22. The minimum absolute atomic E-state index is 0.0831. The number of aromatic nitrogens is 4. The Balaban J connectivity index is 2.42. The van der Waals surface area contributed by atoms with Crippen LogP contribution in [0.15, 0.2) is 24.8 Å². The third-order valence-electron chi connectivity index (χ3n) is 2.83. The van der Waals surface area contributed by atoms with Gasteiger partial charge < -0.3 is 5.32 Å². The fourth-order valence-electron chi connectivity index (χ4n) is 2.05. The fourth-order valence-corrected chi connectivity index (χ4v) is 2.30. The summed E-state index contributed by atoms with van der Waals surface area (Å²) in [5.74, 6) is 0. The lowest BCUT2D eigenvalue weighted by atomic mass is 10.1. The average molecular weight is 280 g/mol. The van der Waals surface area contributed by atoms with Crippen molar-refractivity contribution in [3.05, 3.63) is 41.2 Å². The molecule has 0 bridgehead atoms. The molecule has 0 aliphatic rings. The van der Waals surface area contributed by atoms with Gasteiger partial charge in [0.05, 0.1) is 34.8 Å². The first-order valence-electron chi connectivity index (χ1n) is 6.48. The molecule has 5 nitrogen and oxygen atoms in total. The van der Waals surface area contributed by atoms with Crippen molar-refractivity contribution in [3.8, 4) is 0 Å². The third kappa shape index (κ3) is 3.11. The Morgan fingerprint density at radius 2 is 2.16 bits per heavy atom. The van der Waals surface area contributed by atoms with Crippen LogP contribution in [0, 0.1) is 0 Å². The van der Waals surface area contributed by atoms with Gasteiger partial charge >= 0.3 is 0 Å². The van der Waals surface area contributed by atoms with Gasteiger partial charge in [0.1, 0.15) is 0 Å². The lowest BCUT2D eigenvalue weighted by Crippen LogP contribution is -2.26. The summed E-state index contributed by atoms with van der Waals surface area (Å²) in [7, 11) is 0. The maximum Gasteiger partial charge on any atom is 0.0952 e. The van der Waals surface area contributed by atoms with E-state index in [0.717, 1.165) is 30.9 Å². The third-order valence-corrected chi connectivity index (χ3v) is 3.12. The topological polar surface area (TPSA) is 55.6 Å². The Bertz CT molecular complexity index is 511. The molecule has 19 heavy (non-hydrogen) atoms. The number of nitrogens with zero attached hydrogens (tertiary/aromatic N) is 4. The van der Waals surface area contributed by atoms with Crippen molar-refractivity contribution < 1.29 is 0 Å². The molecular weight excluding hydrogens is 262 g/mol. The van der Waals surface area contributed by atoms with E-state index in [1.165, 1.54) is 0 Å². The Morgan fingerprint density at radius 3 is 2.79 bits per heavy atom. The number of hydrogen-bond acceptors (Lipinski definition) is 4. The number of halogens is 1. The van der Waals surface area contributed by atoms with Crippen LogP contribution in [0.1, 0.15) is 37.7 Å². The van der Waals surface area contributed by atoms with E-state index in [0.29, 0.717) is 5.02 Å². The van der Waals surface area contributed by atoms with Crippen molar-refractivity contribution in [2.24, 2.45) is 0 Å². The highest BCUT2D eigenvalue weighted by atomic mass is 35.5. The van der Waals surface area contributed by atoms with Gasteiger partial charge in [0.2, 0.25) is 0 Å². The molecule has 0 amide bonds. The van der Waals surface area contributed by atoms with Gasteiger partial charge in [0.15, 0.2) is 0 Å². The SMILES string of the molecule is CCCn1ncc(Cl)c1C(NCC)c1cnccn1. The molecule has 0 fully saturated rings. The quantitative estimate of drug-likeness (QED) is 0.882. The predicted molar refractivity (Wildman–Crippen MR) is 75.1 cm³/mol. The van der Waals surface area contributed by atoms with Gasteiger partial charge in [-0.15, -0.1) is 0 Å². The van der Waals surface area contributed by atoms with E-state index in [1.807, 2.05) is 4.68 Å². The zero-order chi connectivity index (χ0) is 13.7. The van der Waals surface area contributed by atoms with E-state index in [4.69, 9.17) is 11.6 Å². The van der Waals surface area contributed by atoms with Gasteiger partial charge in [0.25, 0.3) is 0 Å². The maximum atomic E-state index is 6.29. The van der Waals surface area contributed by atoms with Gasteiger partial charge in [-0.25, -0.2) is 0 Å². The molecule has 1 N–H and O–H groups in total. The number of nitrogens with one attached hydrogen (secondary N) is 1. The lowest BCUT2D eigenvalue weighted by molar-refractivity contribution is 0.513. The highest BCUT2D eigenvalue weighted by Crippen LogP contribution is 2.27. The molecule has 1 atom stereocenters. The molecule has 2 heterocycles.